The summed E-state index contributed by atoms with van der Waals surface area (Å²) < 4.78 is 76.1. The number of anilines is 1. The van der Waals surface area contributed by atoms with Gasteiger partial charge in [0.25, 0.3) is 5.72 Å². The molecule has 0 saturated carbocycles. The molecular weight excluding hydrogens is 388 g/mol. The molecule has 1 aliphatic heterocycles. The second-order valence-corrected chi connectivity index (χ2v) is 8.12. The first-order chi connectivity index (χ1) is 12.4. The SMILES string of the molecule is CS(=O)(=O)c1ccc(C2=NC(O)(C(F)(F)F)CN2c2ccc(F)cc2)cc1. The first-order valence-corrected chi connectivity index (χ1v) is 9.52. The summed E-state index contributed by atoms with van der Waals surface area (Å²) in [4.78, 5) is 4.55. The smallest absolute Gasteiger partial charge is 0.361 e. The molecule has 1 heterocycles. The van der Waals surface area contributed by atoms with E-state index in [2.05, 4.69) is 4.99 Å². The highest BCUT2D eigenvalue weighted by molar-refractivity contribution is 7.90. The number of benzene rings is 2. The molecule has 0 radical (unpaired) electrons. The summed E-state index contributed by atoms with van der Waals surface area (Å²) in [6.45, 7) is -0.911. The van der Waals surface area contributed by atoms with Crippen molar-refractivity contribution in [2.75, 3.05) is 17.7 Å². The number of alkyl halides is 3. The standard InChI is InChI=1S/C17H14F4N2O3S/c1-27(25,26)14-8-2-11(3-9-14)15-22-16(24,17(19,20)21)10-23(15)13-6-4-12(18)5-7-13/h2-9,24H,10H2,1H3. The van der Waals surface area contributed by atoms with Crippen molar-refractivity contribution in [1.82, 2.24) is 0 Å². The molecule has 27 heavy (non-hydrogen) atoms. The zero-order valence-corrected chi connectivity index (χ0v) is 14.7. The van der Waals surface area contributed by atoms with E-state index in [-0.39, 0.29) is 22.0 Å². The summed E-state index contributed by atoms with van der Waals surface area (Å²) in [7, 11) is -3.48. The maximum absolute atomic E-state index is 13.3. The van der Waals surface area contributed by atoms with E-state index in [0.717, 1.165) is 23.3 Å². The van der Waals surface area contributed by atoms with Crippen molar-refractivity contribution in [3.63, 3.8) is 0 Å². The average Bonchev–Trinajstić information content (AvgIpc) is 2.94. The van der Waals surface area contributed by atoms with E-state index in [1.807, 2.05) is 0 Å². The highest BCUT2D eigenvalue weighted by Crippen LogP contribution is 2.38. The molecule has 3 rings (SSSR count). The van der Waals surface area contributed by atoms with Crippen LogP contribution in [0, 0.1) is 5.82 Å². The Labute approximate surface area is 152 Å². The van der Waals surface area contributed by atoms with Crippen molar-refractivity contribution < 1.29 is 31.1 Å². The van der Waals surface area contributed by atoms with E-state index in [4.69, 9.17) is 0 Å². The van der Waals surface area contributed by atoms with Crippen LogP contribution in [0.15, 0.2) is 58.4 Å². The van der Waals surface area contributed by atoms with Gasteiger partial charge in [-0.2, -0.15) is 13.2 Å². The number of amidine groups is 1. The number of aliphatic hydroxyl groups is 1. The number of hydrogen-bond acceptors (Lipinski definition) is 5. The Morgan fingerprint density at radius 2 is 1.63 bits per heavy atom. The van der Waals surface area contributed by atoms with Crippen LogP contribution in [0.2, 0.25) is 0 Å². The Balaban J connectivity index is 2.09. The second kappa shape index (κ2) is 6.31. The van der Waals surface area contributed by atoms with Gasteiger partial charge in [0, 0.05) is 17.5 Å². The molecule has 1 N–H and O–H groups in total. The van der Waals surface area contributed by atoms with Gasteiger partial charge >= 0.3 is 6.18 Å². The summed E-state index contributed by atoms with van der Waals surface area (Å²) in [6, 6.07) is 9.74. The fourth-order valence-electron chi connectivity index (χ4n) is 2.63. The molecular formula is C17H14F4N2O3S. The number of rotatable bonds is 3. The number of halogens is 4. The fourth-order valence-corrected chi connectivity index (χ4v) is 3.26. The quantitative estimate of drug-likeness (QED) is 0.802. The van der Waals surface area contributed by atoms with Gasteiger partial charge < -0.3 is 10.0 Å². The number of sulfone groups is 1. The van der Waals surface area contributed by atoms with Crippen LogP contribution in [0.5, 0.6) is 0 Å². The molecule has 0 amide bonds. The number of nitrogens with zero attached hydrogens (tertiary/aromatic N) is 2. The maximum atomic E-state index is 13.3. The summed E-state index contributed by atoms with van der Waals surface area (Å²) in [5.74, 6) is -0.776. The predicted molar refractivity (Wildman–Crippen MR) is 90.8 cm³/mol. The molecule has 5 nitrogen and oxygen atoms in total. The van der Waals surface area contributed by atoms with Gasteiger partial charge in [0.1, 0.15) is 11.7 Å². The number of aliphatic imine (C=N–C) groups is 1. The van der Waals surface area contributed by atoms with Gasteiger partial charge in [-0.3, -0.25) is 0 Å². The van der Waals surface area contributed by atoms with Crippen molar-refractivity contribution >= 4 is 21.4 Å². The Kier molecular flexibility index (Phi) is 4.51. The minimum Gasteiger partial charge on any atom is -0.361 e. The van der Waals surface area contributed by atoms with Crippen molar-refractivity contribution in [3.05, 3.63) is 59.9 Å². The first-order valence-electron chi connectivity index (χ1n) is 7.63. The molecule has 10 heteroatoms. The average molecular weight is 402 g/mol. The van der Waals surface area contributed by atoms with E-state index >= 15 is 0 Å². The maximum Gasteiger partial charge on any atom is 0.440 e. The van der Waals surface area contributed by atoms with Gasteiger partial charge in [-0.1, -0.05) is 0 Å². The van der Waals surface area contributed by atoms with E-state index in [1.54, 1.807) is 0 Å². The predicted octanol–water partition coefficient (Wildman–Crippen LogP) is 2.75. The van der Waals surface area contributed by atoms with Gasteiger partial charge in [0.05, 0.1) is 11.4 Å². The largest absolute Gasteiger partial charge is 0.440 e. The van der Waals surface area contributed by atoms with E-state index in [0.29, 0.717) is 0 Å². The Bertz CT molecular complexity index is 986. The van der Waals surface area contributed by atoms with Crippen LogP contribution >= 0.6 is 0 Å². The van der Waals surface area contributed by atoms with Gasteiger partial charge in [-0.15, -0.1) is 0 Å². The van der Waals surface area contributed by atoms with Crippen LogP contribution in [0.3, 0.4) is 0 Å². The molecule has 0 spiro atoms. The first kappa shape index (κ1) is 19.3. The Morgan fingerprint density at radius 3 is 2.11 bits per heavy atom. The number of β-amino-alcohol motifs (C(OH)–C–C–N with tert-alkyl or cyclic N) is 1. The lowest BCUT2D eigenvalue weighted by molar-refractivity contribution is -0.249. The van der Waals surface area contributed by atoms with Crippen LogP contribution in [-0.4, -0.2) is 44.1 Å². The van der Waals surface area contributed by atoms with Gasteiger partial charge in [0.15, 0.2) is 9.84 Å². The van der Waals surface area contributed by atoms with Gasteiger partial charge in [-0.25, -0.2) is 17.8 Å². The summed E-state index contributed by atoms with van der Waals surface area (Å²) in [6.07, 6.45) is -4.03. The van der Waals surface area contributed by atoms with Crippen molar-refractivity contribution in [2.24, 2.45) is 4.99 Å². The summed E-state index contributed by atoms with van der Waals surface area (Å²) in [5.41, 5.74) is -2.97. The molecule has 2 aromatic carbocycles. The van der Waals surface area contributed by atoms with Crippen LogP contribution in [0.4, 0.5) is 23.2 Å². The summed E-state index contributed by atoms with van der Waals surface area (Å²) in [5, 5.41) is 10.0. The normalized spacial score (nSPS) is 20.7. The number of hydrogen-bond donors (Lipinski definition) is 1. The second-order valence-electron chi connectivity index (χ2n) is 6.11. The lowest BCUT2D eigenvalue weighted by atomic mass is 10.1. The third kappa shape index (κ3) is 3.67. The molecule has 0 fully saturated rings. The zero-order chi connectivity index (χ0) is 20.0. The molecule has 2 aromatic rings. The molecule has 1 unspecified atom stereocenters. The molecule has 0 aliphatic carbocycles. The molecule has 144 valence electrons. The van der Waals surface area contributed by atoms with E-state index < -0.39 is 34.1 Å². The molecule has 0 saturated heterocycles. The lowest BCUT2D eigenvalue weighted by Gasteiger charge is -2.25. The van der Waals surface area contributed by atoms with Gasteiger partial charge in [0.2, 0.25) is 0 Å². The van der Waals surface area contributed by atoms with Crippen LogP contribution < -0.4 is 4.90 Å². The van der Waals surface area contributed by atoms with Crippen molar-refractivity contribution in [1.29, 1.82) is 0 Å². The highest BCUT2D eigenvalue weighted by atomic mass is 32.2. The van der Waals surface area contributed by atoms with Gasteiger partial charge in [-0.05, 0) is 48.5 Å². The third-order valence-corrected chi connectivity index (χ3v) is 5.19. The van der Waals surface area contributed by atoms with E-state index in [9.17, 15) is 31.1 Å². The Morgan fingerprint density at radius 1 is 1.07 bits per heavy atom. The minimum absolute atomic E-state index is 0.00994. The lowest BCUT2D eigenvalue weighted by Crippen LogP contribution is -2.47. The molecule has 1 aliphatic rings. The van der Waals surface area contributed by atoms with Crippen LogP contribution in [-0.2, 0) is 9.84 Å². The van der Waals surface area contributed by atoms with Crippen molar-refractivity contribution in [3.8, 4) is 0 Å². The molecule has 0 bridgehead atoms. The molecule has 0 aromatic heterocycles. The summed E-state index contributed by atoms with van der Waals surface area (Å²) >= 11 is 0. The van der Waals surface area contributed by atoms with Crippen LogP contribution in [0.1, 0.15) is 5.56 Å². The monoisotopic (exact) mass is 402 g/mol. The third-order valence-electron chi connectivity index (χ3n) is 4.06. The Hall–Kier alpha value is -2.46. The minimum atomic E-state index is -5.03. The fraction of sp³-hybridized carbons (Fsp3) is 0.235. The topological polar surface area (TPSA) is 70.0 Å². The van der Waals surface area contributed by atoms with Crippen molar-refractivity contribution in [2.45, 2.75) is 16.8 Å². The zero-order valence-electron chi connectivity index (χ0n) is 13.9. The van der Waals surface area contributed by atoms with Crippen LogP contribution in [0.25, 0.3) is 0 Å². The molecule has 1 atom stereocenters. The highest BCUT2D eigenvalue weighted by Gasteiger charge is 2.58. The van der Waals surface area contributed by atoms with E-state index in [1.165, 1.54) is 36.4 Å².